The van der Waals surface area contributed by atoms with Gasteiger partial charge in [0.1, 0.15) is 0 Å². The molecule has 6 nitrogen and oxygen atoms in total. The lowest BCUT2D eigenvalue weighted by Crippen LogP contribution is -2.14. The first kappa shape index (κ1) is 20.1. The van der Waals surface area contributed by atoms with Crippen LogP contribution >= 0.6 is 23.4 Å². The number of thioether (sulfide) groups is 1. The van der Waals surface area contributed by atoms with Crippen molar-refractivity contribution in [3.8, 4) is 11.4 Å². The Morgan fingerprint density at radius 3 is 2.32 bits per heavy atom. The Bertz CT molecular complexity index is 1000. The summed E-state index contributed by atoms with van der Waals surface area (Å²) in [6.45, 7) is 3.28. The van der Waals surface area contributed by atoms with Crippen LogP contribution in [0.15, 0.2) is 53.7 Å². The molecule has 1 heterocycles. The van der Waals surface area contributed by atoms with Crippen molar-refractivity contribution in [2.75, 3.05) is 5.32 Å². The Hall–Kier alpha value is -2.64. The highest BCUT2D eigenvalue weighted by molar-refractivity contribution is 8.00. The first-order chi connectivity index (χ1) is 13.3. The zero-order chi connectivity index (χ0) is 20.3. The van der Waals surface area contributed by atoms with E-state index in [0.717, 1.165) is 5.56 Å². The number of hydrogen-bond donors (Lipinski definition) is 1. The van der Waals surface area contributed by atoms with Gasteiger partial charge in [-0.25, -0.2) is 0 Å². The van der Waals surface area contributed by atoms with Crippen molar-refractivity contribution in [2.24, 2.45) is 7.05 Å². The van der Waals surface area contributed by atoms with Crippen LogP contribution in [-0.4, -0.2) is 31.7 Å². The van der Waals surface area contributed by atoms with Crippen molar-refractivity contribution in [2.45, 2.75) is 24.3 Å². The molecule has 1 unspecified atom stereocenters. The molecule has 0 saturated carbocycles. The Kier molecular flexibility index (Phi) is 6.16. The molecule has 3 rings (SSSR count). The van der Waals surface area contributed by atoms with E-state index in [1.165, 1.54) is 18.7 Å². The predicted molar refractivity (Wildman–Crippen MR) is 112 cm³/mol. The number of ketones is 1. The third kappa shape index (κ3) is 4.61. The van der Waals surface area contributed by atoms with Crippen molar-refractivity contribution >= 4 is 40.7 Å². The van der Waals surface area contributed by atoms with E-state index in [1.54, 1.807) is 36.4 Å². The number of Topliss-reactive ketones (excluding diaryl/α,β-unsaturated/α-hetero) is 1. The van der Waals surface area contributed by atoms with Gasteiger partial charge in [0.15, 0.2) is 16.8 Å². The number of benzene rings is 2. The molecule has 2 aromatic carbocycles. The molecule has 28 heavy (non-hydrogen) atoms. The van der Waals surface area contributed by atoms with Gasteiger partial charge in [-0.3, -0.25) is 9.59 Å². The minimum atomic E-state index is -0.340. The van der Waals surface area contributed by atoms with Crippen molar-refractivity contribution < 1.29 is 9.59 Å². The molecule has 0 aliphatic rings. The number of carbonyl (C=O) groups is 2. The second-order valence-corrected chi connectivity index (χ2v) is 8.00. The summed E-state index contributed by atoms with van der Waals surface area (Å²) < 4.78 is 1.86. The Morgan fingerprint density at radius 2 is 1.71 bits per heavy atom. The molecule has 0 spiro atoms. The molecule has 8 heteroatoms. The average molecular weight is 415 g/mol. The maximum atomic E-state index is 12.7. The Labute approximate surface area is 172 Å². The van der Waals surface area contributed by atoms with Crippen molar-refractivity contribution in [3.05, 3.63) is 59.1 Å². The van der Waals surface area contributed by atoms with Gasteiger partial charge in [0, 0.05) is 35.8 Å². The van der Waals surface area contributed by atoms with Crippen LogP contribution in [0.2, 0.25) is 5.02 Å². The van der Waals surface area contributed by atoms with E-state index in [1.807, 2.05) is 30.7 Å². The smallest absolute Gasteiger partial charge is 0.221 e. The van der Waals surface area contributed by atoms with E-state index in [9.17, 15) is 9.59 Å². The fraction of sp³-hybridized carbons (Fsp3) is 0.200. The van der Waals surface area contributed by atoms with Gasteiger partial charge in [0.05, 0.1) is 5.25 Å². The summed E-state index contributed by atoms with van der Waals surface area (Å²) in [7, 11) is 1.87. The summed E-state index contributed by atoms with van der Waals surface area (Å²) in [5.41, 5.74) is 2.14. The lowest BCUT2D eigenvalue weighted by atomic mass is 10.1. The standard InChI is InChI=1S/C20H19ClN4O2S/c1-12(18(27)14-6-10-17(11-7-14)22-13(2)26)28-20-24-23-19(25(20)3)15-4-8-16(21)9-5-15/h4-12H,1-3H3,(H,22,26). The number of aromatic nitrogens is 3. The highest BCUT2D eigenvalue weighted by atomic mass is 35.5. The van der Waals surface area contributed by atoms with E-state index in [-0.39, 0.29) is 16.9 Å². The molecular weight excluding hydrogens is 396 g/mol. The topological polar surface area (TPSA) is 76.9 Å². The number of rotatable bonds is 6. The summed E-state index contributed by atoms with van der Waals surface area (Å²) in [5, 5.41) is 12.1. The summed E-state index contributed by atoms with van der Waals surface area (Å²) in [5.74, 6) is 0.538. The number of carbonyl (C=O) groups excluding carboxylic acids is 2. The van der Waals surface area contributed by atoms with Gasteiger partial charge < -0.3 is 9.88 Å². The number of amides is 1. The van der Waals surface area contributed by atoms with Crippen LogP contribution in [-0.2, 0) is 11.8 Å². The van der Waals surface area contributed by atoms with Crippen molar-refractivity contribution in [1.29, 1.82) is 0 Å². The van der Waals surface area contributed by atoms with Gasteiger partial charge in [0.25, 0.3) is 0 Å². The summed E-state index contributed by atoms with van der Waals surface area (Å²) in [6.07, 6.45) is 0. The molecule has 0 fully saturated rings. The van der Waals surface area contributed by atoms with Crippen LogP contribution in [0.3, 0.4) is 0 Å². The van der Waals surface area contributed by atoms with Crippen molar-refractivity contribution in [3.63, 3.8) is 0 Å². The van der Waals surface area contributed by atoms with Crippen LogP contribution < -0.4 is 5.32 Å². The average Bonchev–Trinajstić information content (AvgIpc) is 3.02. The van der Waals surface area contributed by atoms with E-state index in [4.69, 9.17) is 11.6 Å². The van der Waals surface area contributed by atoms with Crippen LogP contribution in [0.4, 0.5) is 5.69 Å². The molecule has 0 aliphatic carbocycles. The minimum absolute atomic E-state index is 0.0181. The highest BCUT2D eigenvalue weighted by Crippen LogP contribution is 2.28. The van der Waals surface area contributed by atoms with Crippen LogP contribution in [0.5, 0.6) is 0 Å². The molecule has 1 amide bonds. The first-order valence-electron chi connectivity index (χ1n) is 8.59. The van der Waals surface area contributed by atoms with Gasteiger partial charge in [-0.1, -0.05) is 23.4 Å². The van der Waals surface area contributed by atoms with E-state index < -0.39 is 0 Å². The van der Waals surface area contributed by atoms with Crippen LogP contribution in [0, 0.1) is 0 Å². The van der Waals surface area contributed by atoms with Gasteiger partial charge >= 0.3 is 0 Å². The normalized spacial score (nSPS) is 11.9. The number of anilines is 1. The SMILES string of the molecule is CC(=O)Nc1ccc(C(=O)C(C)Sc2nnc(-c3ccc(Cl)cc3)n2C)cc1. The maximum absolute atomic E-state index is 12.7. The van der Waals surface area contributed by atoms with Crippen LogP contribution in [0.1, 0.15) is 24.2 Å². The second kappa shape index (κ2) is 8.58. The zero-order valence-electron chi connectivity index (χ0n) is 15.6. The molecule has 0 radical (unpaired) electrons. The van der Waals surface area contributed by atoms with Crippen LogP contribution in [0.25, 0.3) is 11.4 Å². The molecule has 3 aromatic rings. The fourth-order valence-electron chi connectivity index (χ4n) is 2.64. The minimum Gasteiger partial charge on any atom is -0.326 e. The number of hydrogen-bond acceptors (Lipinski definition) is 5. The number of nitrogens with zero attached hydrogens (tertiary/aromatic N) is 3. The highest BCUT2D eigenvalue weighted by Gasteiger charge is 2.20. The summed E-state index contributed by atoms with van der Waals surface area (Å²) >= 11 is 7.29. The molecular formula is C20H19ClN4O2S. The van der Waals surface area contributed by atoms with Gasteiger partial charge in [-0.05, 0) is 55.5 Å². The third-order valence-corrected chi connectivity index (χ3v) is 5.46. The quantitative estimate of drug-likeness (QED) is 0.476. The van der Waals surface area contributed by atoms with Gasteiger partial charge in [-0.2, -0.15) is 0 Å². The molecule has 0 saturated heterocycles. The second-order valence-electron chi connectivity index (χ2n) is 6.25. The lowest BCUT2D eigenvalue weighted by Gasteiger charge is -2.11. The molecule has 0 aliphatic heterocycles. The fourth-order valence-corrected chi connectivity index (χ4v) is 3.65. The van der Waals surface area contributed by atoms with E-state index in [2.05, 4.69) is 15.5 Å². The first-order valence-corrected chi connectivity index (χ1v) is 9.85. The maximum Gasteiger partial charge on any atom is 0.221 e. The zero-order valence-corrected chi connectivity index (χ0v) is 17.2. The molecule has 1 atom stereocenters. The predicted octanol–water partition coefficient (Wildman–Crippen LogP) is 4.46. The molecule has 0 bridgehead atoms. The molecule has 144 valence electrons. The largest absolute Gasteiger partial charge is 0.326 e. The summed E-state index contributed by atoms with van der Waals surface area (Å²) in [4.78, 5) is 23.8. The van der Waals surface area contributed by atoms with E-state index >= 15 is 0 Å². The molecule has 1 N–H and O–H groups in total. The molecule has 1 aromatic heterocycles. The van der Waals surface area contributed by atoms with E-state index in [0.29, 0.717) is 27.3 Å². The number of halogens is 1. The summed E-state index contributed by atoms with van der Waals surface area (Å²) in [6, 6.07) is 14.2. The lowest BCUT2D eigenvalue weighted by molar-refractivity contribution is -0.114. The van der Waals surface area contributed by atoms with Crippen molar-refractivity contribution in [1.82, 2.24) is 14.8 Å². The Balaban J connectivity index is 1.72. The monoisotopic (exact) mass is 414 g/mol. The van der Waals surface area contributed by atoms with Gasteiger partial charge in [-0.15, -0.1) is 10.2 Å². The van der Waals surface area contributed by atoms with Gasteiger partial charge in [0.2, 0.25) is 5.91 Å². The number of nitrogens with one attached hydrogen (secondary N) is 1. The third-order valence-electron chi connectivity index (χ3n) is 4.08. The Morgan fingerprint density at radius 1 is 1.07 bits per heavy atom.